The van der Waals surface area contributed by atoms with Crippen LogP contribution in [0, 0.1) is 23.2 Å². The minimum atomic E-state index is -0.199. The summed E-state index contributed by atoms with van der Waals surface area (Å²) in [5.74, 6) is 2.88. The Morgan fingerprint density at radius 3 is 2.16 bits per heavy atom. The number of rotatable bonds is 3. The van der Waals surface area contributed by atoms with Gasteiger partial charge < -0.3 is 14.5 Å². The lowest BCUT2D eigenvalue weighted by Gasteiger charge is -2.56. The second-order valence-electron chi connectivity index (χ2n) is 12.1. The Morgan fingerprint density at radius 2 is 1.53 bits per heavy atom. The summed E-state index contributed by atoms with van der Waals surface area (Å²) in [6.07, 6.45) is 11.6. The van der Waals surface area contributed by atoms with Crippen LogP contribution in [-0.2, 0) is 14.3 Å². The third-order valence-corrected chi connectivity index (χ3v) is 9.86. The van der Waals surface area contributed by atoms with Crippen molar-refractivity contribution in [1.29, 1.82) is 0 Å². The molecule has 0 unspecified atom stereocenters. The molecule has 2 amide bonds. The van der Waals surface area contributed by atoms with E-state index in [1.807, 2.05) is 4.90 Å². The monoisotopic (exact) mass is 443 g/mol. The molecule has 3 saturated heterocycles. The molecule has 4 bridgehead atoms. The Labute approximate surface area is 193 Å². The van der Waals surface area contributed by atoms with Gasteiger partial charge in [0, 0.05) is 38.8 Å². The quantitative estimate of drug-likeness (QED) is 0.673. The van der Waals surface area contributed by atoms with Crippen LogP contribution in [0.5, 0.6) is 0 Å². The zero-order valence-electron chi connectivity index (χ0n) is 19.8. The topological polar surface area (TPSA) is 53.1 Å². The number of hydrogen-bond donors (Lipinski definition) is 0. The standard InChI is InChI=1S/C26H41N3O3/c1-18-17-28(9-10-32-18)22-4-7-27(8-5-22)24(30)23-3-2-6-29(23)25(31)26-14-19-11-20(15-26)13-21(12-19)16-26/h18-23H,2-17H2,1H3/t18-,19?,20?,21?,23+,26?/m1/s1. The lowest BCUT2D eigenvalue weighted by atomic mass is 9.49. The summed E-state index contributed by atoms with van der Waals surface area (Å²) >= 11 is 0. The smallest absolute Gasteiger partial charge is 0.245 e. The molecular formula is C26H41N3O3. The first-order chi connectivity index (χ1) is 15.5. The molecule has 0 aromatic heterocycles. The zero-order valence-corrected chi connectivity index (χ0v) is 19.8. The summed E-state index contributed by atoms with van der Waals surface area (Å²) in [7, 11) is 0. The zero-order chi connectivity index (χ0) is 21.9. The minimum Gasteiger partial charge on any atom is -0.376 e. The van der Waals surface area contributed by atoms with Crippen LogP contribution in [0.15, 0.2) is 0 Å². The molecule has 4 saturated carbocycles. The first-order valence-corrected chi connectivity index (χ1v) is 13.5. The van der Waals surface area contributed by atoms with Gasteiger partial charge in [-0.15, -0.1) is 0 Å². The van der Waals surface area contributed by atoms with Gasteiger partial charge in [0.05, 0.1) is 18.1 Å². The molecule has 6 heteroatoms. The number of carbonyl (C=O) groups excluding carboxylic acids is 2. The van der Waals surface area contributed by atoms with E-state index in [1.54, 1.807) is 0 Å². The fourth-order valence-electron chi connectivity index (χ4n) is 8.78. The number of piperidine rings is 1. The fraction of sp³-hybridized carbons (Fsp3) is 0.923. The maximum absolute atomic E-state index is 13.9. The third-order valence-electron chi connectivity index (χ3n) is 9.86. The van der Waals surface area contributed by atoms with Crippen LogP contribution < -0.4 is 0 Å². The summed E-state index contributed by atoms with van der Waals surface area (Å²) in [4.78, 5) is 34.2. The Balaban J connectivity index is 1.09. The number of nitrogens with zero attached hydrogens (tertiary/aromatic N) is 3. The summed E-state index contributed by atoms with van der Waals surface area (Å²) in [6.45, 7) is 7.47. The third kappa shape index (κ3) is 3.70. The van der Waals surface area contributed by atoms with E-state index in [0.717, 1.165) is 102 Å². The predicted octanol–water partition coefficient (Wildman–Crippen LogP) is 2.91. The molecule has 3 heterocycles. The molecule has 6 nitrogen and oxygen atoms in total. The summed E-state index contributed by atoms with van der Waals surface area (Å²) < 4.78 is 5.70. The van der Waals surface area contributed by atoms with Crippen LogP contribution in [0.2, 0.25) is 0 Å². The van der Waals surface area contributed by atoms with Gasteiger partial charge in [-0.2, -0.15) is 0 Å². The number of hydrogen-bond acceptors (Lipinski definition) is 4. The van der Waals surface area contributed by atoms with Gasteiger partial charge in [-0.25, -0.2) is 0 Å². The Hall–Kier alpha value is -1.14. The second kappa shape index (κ2) is 8.26. The van der Waals surface area contributed by atoms with Crippen molar-refractivity contribution in [3.8, 4) is 0 Å². The van der Waals surface area contributed by atoms with Crippen LogP contribution in [0.25, 0.3) is 0 Å². The largest absolute Gasteiger partial charge is 0.376 e. The lowest BCUT2D eigenvalue weighted by Crippen LogP contribution is -2.58. The van der Waals surface area contributed by atoms with Crippen molar-refractivity contribution in [1.82, 2.24) is 14.7 Å². The van der Waals surface area contributed by atoms with Crippen LogP contribution >= 0.6 is 0 Å². The van der Waals surface area contributed by atoms with Crippen LogP contribution in [-0.4, -0.2) is 84.0 Å². The number of carbonyl (C=O) groups is 2. The van der Waals surface area contributed by atoms with E-state index in [-0.39, 0.29) is 17.4 Å². The van der Waals surface area contributed by atoms with Crippen molar-refractivity contribution in [2.24, 2.45) is 23.2 Å². The highest BCUT2D eigenvalue weighted by Gasteiger charge is 2.57. The maximum Gasteiger partial charge on any atom is 0.245 e. The van der Waals surface area contributed by atoms with Gasteiger partial charge >= 0.3 is 0 Å². The summed E-state index contributed by atoms with van der Waals surface area (Å²) in [5.41, 5.74) is -0.127. The number of ether oxygens (including phenoxy) is 1. The van der Waals surface area contributed by atoms with E-state index in [9.17, 15) is 9.59 Å². The lowest BCUT2D eigenvalue weighted by molar-refractivity contribution is -0.162. The molecule has 0 spiro atoms. The highest BCUT2D eigenvalue weighted by atomic mass is 16.5. The van der Waals surface area contributed by atoms with Gasteiger partial charge in [0.25, 0.3) is 0 Å². The molecule has 0 aromatic rings. The van der Waals surface area contributed by atoms with E-state index < -0.39 is 0 Å². The molecule has 7 rings (SSSR count). The number of likely N-dealkylation sites (tertiary alicyclic amines) is 2. The molecule has 2 atom stereocenters. The van der Waals surface area contributed by atoms with E-state index in [1.165, 1.54) is 19.3 Å². The van der Waals surface area contributed by atoms with Gasteiger partial charge in [0.2, 0.25) is 11.8 Å². The number of morpholine rings is 1. The first kappa shape index (κ1) is 21.4. The fourth-order valence-corrected chi connectivity index (χ4v) is 8.78. The van der Waals surface area contributed by atoms with Crippen LogP contribution in [0.4, 0.5) is 0 Å². The molecule has 7 fully saturated rings. The molecular weight excluding hydrogens is 402 g/mol. The van der Waals surface area contributed by atoms with Crippen LogP contribution in [0.3, 0.4) is 0 Å². The summed E-state index contributed by atoms with van der Waals surface area (Å²) in [5, 5.41) is 0. The Morgan fingerprint density at radius 1 is 0.875 bits per heavy atom. The maximum atomic E-state index is 13.9. The highest BCUT2D eigenvalue weighted by molar-refractivity contribution is 5.91. The molecule has 0 radical (unpaired) electrons. The normalized spacial score (nSPS) is 42.6. The van der Waals surface area contributed by atoms with Gasteiger partial charge in [0.15, 0.2) is 0 Å². The predicted molar refractivity (Wildman–Crippen MR) is 122 cm³/mol. The van der Waals surface area contributed by atoms with Gasteiger partial charge in [-0.1, -0.05) is 0 Å². The van der Waals surface area contributed by atoms with Crippen molar-refractivity contribution >= 4 is 11.8 Å². The van der Waals surface area contributed by atoms with E-state index in [2.05, 4.69) is 16.7 Å². The molecule has 4 aliphatic carbocycles. The Kier molecular flexibility index (Phi) is 5.53. The van der Waals surface area contributed by atoms with Gasteiger partial charge in [-0.3, -0.25) is 14.5 Å². The van der Waals surface area contributed by atoms with Crippen molar-refractivity contribution in [2.45, 2.75) is 89.3 Å². The second-order valence-corrected chi connectivity index (χ2v) is 12.1. The summed E-state index contributed by atoms with van der Waals surface area (Å²) in [6, 6.07) is 0.370. The molecule has 178 valence electrons. The Bertz CT molecular complexity index is 711. The highest BCUT2D eigenvalue weighted by Crippen LogP contribution is 2.60. The van der Waals surface area contributed by atoms with E-state index >= 15 is 0 Å². The van der Waals surface area contributed by atoms with Crippen molar-refractivity contribution < 1.29 is 14.3 Å². The SMILES string of the molecule is C[C@@H]1CN(C2CCN(C(=O)[C@@H]3CCCN3C(=O)C34CC5CC(CC(C5)C3)C4)CC2)CCO1. The van der Waals surface area contributed by atoms with Gasteiger partial charge in [-0.05, 0) is 88.9 Å². The van der Waals surface area contributed by atoms with Crippen molar-refractivity contribution in [3.05, 3.63) is 0 Å². The molecule has 0 N–H and O–H groups in total. The molecule has 32 heavy (non-hydrogen) atoms. The molecule has 3 aliphatic heterocycles. The van der Waals surface area contributed by atoms with E-state index in [0.29, 0.717) is 18.1 Å². The molecule has 7 aliphatic rings. The van der Waals surface area contributed by atoms with Crippen molar-refractivity contribution in [3.63, 3.8) is 0 Å². The van der Waals surface area contributed by atoms with E-state index in [4.69, 9.17) is 4.74 Å². The first-order valence-electron chi connectivity index (χ1n) is 13.5. The minimum absolute atomic E-state index is 0.127. The average Bonchev–Trinajstić information content (AvgIpc) is 3.27. The van der Waals surface area contributed by atoms with Crippen LogP contribution in [0.1, 0.15) is 71.1 Å². The van der Waals surface area contributed by atoms with Crippen molar-refractivity contribution in [2.75, 3.05) is 39.3 Å². The number of amides is 2. The molecule has 0 aromatic carbocycles. The average molecular weight is 444 g/mol. The van der Waals surface area contributed by atoms with Gasteiger partial charge in [0.1, 0.15) is 6.04 Å².